The Hall–Kier alpha value is -1.62. The maximum Gasteiger partial charge on any atom is 0.312 e. The summed E-state index contributed by atoms with van der Waals surface area (Å²) in [5, 5.41) is 0. The molecular weight excluding hydrogens is 244 g/mol. The summed E-state index contributed by atoms with van der Waals surface area (Å²) in [6.07, 6.45) is 0.124. The molecule has 0 saturated heterocycles. The first-order valence-corrected chi connectivity index (χ1v) is 6.22. The monoisotopic (exact) mass is 266 g/mol. The summed E-state index contributed by atoms with van der Waals surface area (Å²) < 4.78 is 10.5. The lowest BCUT2D eigenvalue weighted by atomic mass is 10.1. The van der Waals surface area contributed by atoms with Gasteiger partial charge >= 0.3 is 5.97 Å². The van der Waals surface area contributed by atoms with Gasteiger partial charge in [-0.1, -0.05) is 0 Å². The number of carbonyl (C=O) groups excluding carboxylic acids is 1. The van der Waals surface area contributed by atoms with Crippen LogP contribution >= 0.6 is 0 Å². The summed E-state index contributed by atoms with van der Waals surface area (Å²) in [6.45, 7) is 7.78. The molecule has 0 unspecified atom stereocenters. The molecule has 1 aromatic rings. The highest BCUT2D eigenvalue weighted by atomic mass is 16.6. The maximum absolute atomic E-state index is 11.8. The van der Waals surface area contributed by atoms with Crippen LogP contribution in [0.3, 0.4) is 0 Å². The van der Waals surface area contributed by atoms with Crippen LogP contribution in [-0.2, 0) is 22.5 Å². The standard InChI is InChI=1S/C14H22N2O3/c1-9-6-10(7-12(17)19-14(2,3)4)16-13(18-5)11(9)8-15/h6H,7-8,15H2,1-5H3. The van der Waals surface area contributed by atoms with Crippen LogP contribution < -0.4 is 10.5 Å². The number of carbonyl (C=O) groups is 1. The van der Waals surface area contributed by atoms with Crippen molar-refractivity contribution in [2.75, 3.05) is 7.11 Å². The van der Waals surface area contributed by atoms with Crippen LogP contribution in [0, 0.1) is 6.92 Å². The van der Waals surface area contributed by atoms with Crippen LogP contribution in [0.25, 0.3) is 0 Å². The second kappa shape index (κ2) is 6.02. The molecule has 0 amide bonds. The van der Waals surface area contributed by atoms with Crippen LogP contribution in [0.2, 0.25) is 0 Å². The third-order valence-corrected chi connectivity index (χ3v) is 2.51. The van der Waals surface area contributed by atoms with Gasteiger partial charge < -0.3 is 15.2 Å². The number of rotatable bonds is 4. The molecule has 1 heterocycles. The van der Waals surface area contributed by atoms with Gasteiger partial charge in [-0.15, -0.1) is 0 Å². The van der Waals surface area contributed by atoms with E-state index in [4.69, 9.17) is 15.2 Å². The third kappa shape index (κ3) is 4.52. The van der Waals surface area contributed by atoms with Crippen LogP contribution in [0.15, 0.2) is 6.07 Å². The van der Waals surface area contributed by atoms with Gasteiger partial charge in [0, 0.05) is 12.1 Å². The Kier molecular flexibility index (Phi) is 4.89. The molecule has 1 rings (SSSR count). The van der Waals surface area contributed by atoms with Crippen molar-refractivity contribution in [3.63, 3.8) is 0 Å². The van der Waals surface area contributed by atoms with Crippen molar-refractivity contribution in [1.82, 2.24) is 4.98 Å². The molecule has 0 spiro atoms. The highest BCUT2D eigenvalue weighted by Crippen LogP contribution is 2.21. The Bertz CT molecular complexity index is 464. The van der Waals surface area contributed by atoms with Gasteiger partial charge in [-0.2, -0.15) is 0 Å². The first-order valence-electron chi connectivity index (χ1n) is 6.22. The van der Waals surface area contributed by atoms with Gasteiger partial charge in [0.05, 0.1) is 19.2 Å². The van der Waals surface area contributed by atoms with Gasteiger partial charge in [0.25, 0.3) is 0 Å². The zero-order chi connectivity index (χ0) is 14.6. The molecule has 0 fully saturated rings. The number of ether oxygens (including phenoxy) is 2. The van der Waals surface area contributed by atoms with Crippen LogP contribution in [0.4, 0.5) is 0 Å². The van der Waals surface area contributed by atoms with E-state index < -0.39 is 5.60 Å². The van der Waals surface area contributed by atoms with E-state index in [0.717, 1.165) is 11.1 Å². The smallest absolute Gasteiger partial charge is 0.312 e. The summed E-state index contributed by atoms with van der Waals surface area (Å²) in [4.78, 5) is 16.1. The molecule has 0 aliphatic carbocycles. The van der Waals surface area contributed by atoms with Crippen LogP contribution in [0.5, 0.6) is 5.88 Å². The number of aryl methyl sites for hydroxylation is 1. The number of aromatic nitrogens is 1. The van der Waals surface area contributed by atoms with Gasteiger partial charge in [0.2, 0.25) is 5.88 Å². The van der Waals surface area contributed by atoms with Crippen LogP contribution in [0.1, 0.15) is 37.6 Å². The third-order valence-electron chi connectivity index (χ3n) is 2.51. The van der Waals surface area contributed by atoms with Crippen molar-refractivity contribution >= 4 is 5.97 Å². The fourth-order valence-electron chi connectivity index (χ4n) is 1.77. The van der Waals surface area contributed by atoms with E-state index >= 15 is 0 Å². The average molecular weight is 266 g/mol. The second-order valence-corrected chi connectivity index (χ2v) is 5.39. The number of pyridine rings is 1. The molecule has 2 N–H and O–H groups in total. The highest BCUT2D eigenvalue weighted by molar-refractivity contribution is 5.72. The normalized spacial score (nSPS) is 11.3. The van der Waals surface area contributed by atoms with Crippen molar-refractivity contribution in [3.8, 4) is 5.88 Å². The Morgan fingerprint density at radius 3 is 2.53 bits per heavy atom. The van der Waals surface area contributed by atoms with Gasteiger partial charge in [-0.3, -0.25) is 4.79 Å². The van der Waals surface area contributed by atoms with E-state index in [1.807, 2.05) is 33.8 Å². The Morgan fingerprint density at radius 1 is 1.42 bits per heavy atom. The molecule has 0 atom stereocenters. The van der Waals surface area contributed by atoms with Gasteiger partial charge in [0.1, 0.15) is 5.60 Å². The van der Waals surface area contributed by atoms with Gasteiger partial charge in [-0.05, 0) is 39.3 Å². The quantitative estimate of drug-likeness (QED) is 0.840. The molecule has 0 aliphatic rings. The van der Waals surface area contributed by atoms with E-state index in [0.29, 0.717) is 18.1 Å². The zero-order valence-corrected chi connectivity index (χ0v) is 12.2. The molecule has 5 nitrogen and oxygen atoms in total. The molecule has 106 valence electrons. The number of hydrogen-bond donors (Lipinski definition) is 1. The van der Waals surface area contributed by atoms with E-state index in [-0.39, 0.29) is 12.4 Å². The average Bonchev–Trinajstić information content (AvgIpc) is 2.25. The minimum Gasteiger partial charge on any atom is -0.481 e. The molecular formula is C14H22N2O3. The predicted octanol–water partition coefficient (Wildman–Crippen LogP) is 1.74. The summed E-state index contributed by atoms with van der Waals surface area (Å²) in [7, 11) is 1.54. The van der Waals surface area contributed by atoms with Crippen molar-refractivity contribution < 1.29 is 14.3 Å². The van der Waals surface area contributed by atoms with E-state index in [1.54, 1.807) is 0 Å². The lowest BCUT2D eigenvalue weighted by molar-refractivity contribution is -0.153. The molecule has 0 aliphatic heterocycles. The SMILES string of the molecule is COc1nc(CC(=O)OC(C)(C)C)cc(C)c1CN. The molecule has 0 aromatic carbocycles. The zero-order valence-electron chi connectivity index (χ0n) is 12.2. The predicted molar refractivity (Wildman–Crippen MR) is 73.0 cm³/mol. The fraction of sp³-hybridized carbons (Fsp3) is 0.571. The molecule has 19 heavy (non-hydrogen) atoms. The lowest BCUT2D eigenvalue weighted by Crippen LogP contribution is -2.25. The summed E-state index contributed by atoms with van der Waals surface area (Å²) >= 11 is 0. The molecule has 0 saturated carbocycles. The van der Waals surface area contributed by atoms with Crippen molar-refractivity contribution in [1.29, 1.82) is 0 Å². The Labute approximate surface area is 114 Å². The Morgan fingerprint density at radius 2 is 2.05 bits per heavy atom. The highest BCUT2D eigenvalue weighted by Gasteiger charge is 2.18. The minimum absolute atomic E-state index is 0.124. The first kappa shape index (κ1) is 15.4. The number of nitrogens with zero attached hydrogens (tertiary/aromatic N) is 1. The number of esters is 1. The van der Waals surface area contributed by atoms with Crippen LogP contribution in [-0.4, -0.2) is 23.7 Å². The van der Waals surface area contributed by atoms with Crippen molar-refractivity contribution in [2.24, 2.45) is 5.73 Å². The second-order valence-electron chi connectivity index (χ2n) is 5.39. The fourth-order valence-corrected chi connectivity index (χ4v) is 1.77. The van der Waals surface area contributed by atoms with E-state index in [1.165, 1.54) is 7.11 Å². The van der Waals surface area contributed by atoms with Gasteiger partial charge in [0.15, 0.2) is 0 Å². The first-order chi connectivity index (χ1) is 8.76. The maximum atomic E-state index is 11.8. The minimum atomic E-state index is -0.493. The summed E-state index contributed by atoms with van der Waals surface area (Å²) in [6, 6.07) is 1.84. The molecule has 0 radical (unpaired) electrons. The number of hydrogen-bond acceptors (Lipinski definition) is 5. The van der Waals surface area contributed by atoms with Crippen molar-refractivity contribution in [3.05, 3.63) is 22.9 Å². The van der Waals surface area contributed by atoms with E-state index in [9.17, 15) is 4.79 Å². The molecule has 5 heteroatoms. The number of nitrogens with two attached hydrogens (primary N) is 1. The molecule has 0 bridgehead atoms. The molecule has 1 aromatic heterocycles. The largest absolute Gasteiger partial charge is 0.481 e. The van der Waals surface area contributed by atoms with Crippen molar-refractivity contribution in [2.45, 2.75) is 46.3 Å². The summed E-state index contributed by atoms with van der Waals surface area (Å²) in [5.41, 5.74) is 7.61. The van der Waals surface area contributed by atoms with Gasteiger partial charge in [-0.25, -0.2) is 4.98 Å². The van der Waals surface area contributed by atoms with E-state index in [2.05, 4.69) is 4.98 Å². The Balaban J connectivity index is 2.91. The topological polar surface area (TPSA) is 74.4 Å². The summed E-state index contributed by atoms with van der Waals surface area (Å²) in [5.74, 6) is 0.169. The number of methoxy groups -OCH3 is 1. The lowest BCUT2D eigenvalue weighted by Gasteiger charge is -2.19.